The van der Waals surface area contributed by atoms with Gasteiger partial charge in [-0.05, 0) is 86.4 Å². The van der Waals surface area contributed by atoms with Crippen LogP contribution in [0.1, 0.15) is 63.0 Å². The first-order valence-corrected chi connectivity index (χ1v) is 14.3. The maximum atomic E-state index is 13.1. The molecule has 0 bridgehead atoms. The largest absolute Gasteiger partial charge is 0.462 e. The molecule has 2 aliphatic carbocycles. The highest BCUT2D eigenvalue weighted by Gasteiger charge is 2.55. The van der Waals surface area contributed by atoms with Gasteiger partial charge in [0, 0.05) is 12.5 Å². The van der Waals surface area contributed by atoms with Crippen molar-refractivity contribution in [1.29, 1.82) is 0 Å². The lowest BCUT2D eigenvalue weighted by atomic mass is 9.55. The van der Waals surface area contributed by atoms with E-state index in [1.54, 1.807) is 0 Å². The molecule has 6 rings (SSSR count). The molecule has 2 aromatic carbocycles. The van der Waals surface area contributed by atoms with E-state index in [-0.39, 0.29) is 29.3 Å². The summed E-state index contributed by atoms with van der Waals surface area (Å²) < 4.78 is 6.02. The van der Waals surface area contributed by atoms with E-state index in [2.05, 4.69) is 18.4 Å². The van der Waals surface area contributed by atoms with Gasteiger partial charge in [-0.15, -0.1) is 0 Å². The van der Waals surface area contributed by atoms with Gasteiger partial charge < -0.3 is 14.7 Å². The number of rotatable bonds is 5. The summed E-state index contributed by atoms with van der Waals surface area (Å²) in [5, 5.41) is 12.2. The molecule has 4 nitrogen and oxygen atoms in total. The highest BCUT2D eigenvalue weighted by Crippen LogP contribution is 2.57. The Labute approximate surface area is 221 Å². The van der Waals surface area contributed by atoms with Gasteiger partial charge in [-0.2, -0.15) is 0 Å². The Hall–Kier alpha value is -2.43. The van der Waals surface area contributed by atoms with Crippen LogP contribution in [0.4, 0.5) is 0 Å². The normalized spacial score (nSPS) is 33.0. The minimum atomic E-state index is -1.01. The molecule has 5 atom stereocenters. The van der Waals surface area contributed by atoms with E-state index in [1.165, 1.54) is 18.4 Å². The highest BCUT2D eigenvalue weighted by molar-refractivity contribution is 5.75. The number of carbonyl (C=O) groups excluding carboxylic acids is 1. The van der Waals surface area contributed by atoms with Gasteiger partial charge >= 0.3 is 5.97 Å². The lowest BCUT2D eigenvalue weighted by molar-refractivity contribution is -0.146. The van der Waals surface area contributed by atoms with Gasteiger partial charge in [0.05, 0.1) is 5.92 Å². The third-order valence-electron chi connectivity index (χ3n) is 10.4. The van der Waals surface area contributed by atoms with Gasteiger partial charge in [0.2, 0.25) is 0 Å². The van der Waals surface area contributed by atoms with E-state index in [0.717, 1.165) is 62.9 Å². The van der Waals surface area contributed by atoms with Crippen molar-refractivity contribution < 1.29 is 14.6 Å². The number of hydrogen-bond donors (Lipinski definition) is 1. The minimum Gasteiger partial charge on any atom is -0.462 e. The number of hydrogen-bond acceptors (Lipinski definition) is 4. The Morgan fingerprint density at radius 1 is 1.05 bits per heavy atom. The van der Waals surface area contributed by atoms with Crippen molar-refractivity contribution in [3.63, 3.8) is 0 Å². The molecule has 2 heterocycles. The van der Waals surface area contributed by atoms with E-state index >= 15 is 0 Å². The Kier molecular flexibility index (Phi) is 6.53. The Balaban J connectivity index is 1.15. The molecule has 37 heavy (non-hydrogen) atoms. The molecule has 4 fully saturated rings. The molecule has 1 N–H and O–H groups in total. The van der Waals surface area contributed by atoms with Crippen LogP contribution in [-0.2, 0) is 15.1 Å². The van der Waals surface area contributed by atoms with Crippen LogP contribution in [0.5, 0.6) is 0 Å². The van der Waals surface area contributed by atoms with Crippen LogP contribution in [0.2, 0.25) is 0 Å². The summed E-state index contributed by atoms with van der Waals surface area (Å²) in [6, 6.07) is 20.2. The van der Waals surface area contributed by atoms with Crippen molar-refractivity contribution in [2.75, 3.05) is 19.6 Å². The van der Waals surface area contributed by atoms with Gasteiger partial charge in [-0.25, -0.2) is 0 Å². The van der Waals surface area contributed by atoms with E-state index in [4.69, 9.17) is 4.74 Å². The van der Waals surface area contributed by atoms with Crippen molar-refractivity contribution in [3.8, 4) is 0 Å². The Morgan fingerprint density at radius 2 is 1.68 bits per heavy atom. The maximum Gasteiger partial charge on any atom is 0.310 e. The molecule has 0 unspecified atom stereocenters. The number of likely N-dealkylation sites (tertiary alicyclic amines) is 1. The third-order valence-corrected chi connectivity index (χ3v) is 10.4. The van der Waals surface area contributed by atoms with Crippen LogP contribution >= 0.6 is 0 Å². The summed E-state index contributed by atoms with van der Waals surface area (Å²) in [7, 11) is 0. The second-order valence-corrected chi connectivity index (χ2v) is 12.5. The lowest BCUT2D eigenvalue weighted by Gasteiger charge is -2.50. The van der Waals surface area contributed by atoms with Crippen LogP contribution in [0, 0.1) is 29.1 Å². The summed E-state index contributed by atoms with van der Waals surface area (Å²) in [6.45, 7) is 9.39. The number of aliphatic hydroxyl groups is 1. The number of piperidine rings is 1. The molecule has 4 aliphatic rings. The maximum absolute atomic E-state index is 13.1. The SMILES string of the molecule is C=C1CCC[C@]2(C)C[C@H]3OC(=O)[C@H](CN4CCC(C(O)(c5ccccc5)c5ccccc5)CC4)[C@H]3C[C@@H]12. The van der Waals surface area contributed by atoms with Crippen molar-refractivity contribution in [2.24, 2.45) is 29.1 Å². The average molecular weight is 500 g/mol. The predicted molar refractivity (Wildman–Crippen MR) is 146 cm³/mol. The second kappa shape index (κ2) is 9.71. The number of benzene rings is 2. The zero-order chi connectivity index (χ0) is 25.6. The fourth-order valence-corrected chi connectivity index (χ4v) is 8.30. The number of allylic oxidation sites excluding steroid dienone is 1. The zero-order valence-corrected chi connectivity index (χ0v) is 22.1. The molecule has 2 aliphatic heterocycles. The smallest absolute Gasteiger partial charge is 0.310 e. The number of ether oxygens (including phenoxy) is 1. The van der Waals surface area contributed by atoms with E-state index in [9.17, 15) is 9.90 Å². The molecule has 0 aromatic heterocycles. The summed E-state index contributed by atoms with van der Waals surface area (Å²) in [5.41, 5.74) is 2.54. The van der Waals surface area contributed by atoms with Crippen molar-refractivity contribution >= 4 is 5.97 Å². The third kappa shape index (κ3) is 4.36. The molecule has 196 valence electrons. The monoisotopic (exact) mass is 499 g/mol. The quantitative estimate of drug-likeness (QED) is 0.408. The van der Waals surface area contributed by atoms with Crippen molar-refractivity contribution in [2.45, 2.75) is 63.6 Å². The number of fused-ring (bicyclic) bond motifs is 2. The molecular weight excluding hydrogens is 458 g/mol. The zero-order valence-electron chi connectivity index (χ0n) is 22.1. The Morgan fingerprint density at radius 3 is 2.30 bits per heavy atom. The van der Waals surface area contributed by atoms with Gasteiger partial charge in [-0.3, -0.25) is 4.79 Å². The van der Waals surface area contributed by atoms with Crippen LogP contribution in [0.3, 0.4) is 0 Å². The topological polar surface area (TPSA) is 49.8 Å². The minimum absolute atomic E-state index is 0.00931. The fraction of sp³-hybridized carbons (Fsp3) is 0.545. The van der Waals surface area contributed by atoms with Gasteiger partial charge in [0.25, 0.3) is 0 Å². The summed E-state index contributed by atoms with van der Waals surface area (Å²) in [5.74, 6) is 0.927. The molecule has 2 saturated carbocycles. The molecule has 0 radical (unpaired) electrons. The summed E-state index contributed by atoms with van der Waals surface area (Å²) in [6.07, 6.45) is 7.48. The average Bonchev–Trinajstić information content (AvgIpc) is 3.21. The first-order chi connectivity index (χ1) is 17.9. The van der Waals surface area contributed by atoms with E-state index in [1.807, 2.05) is 60.7 Å². The number of carbonyl (C=O) groups is 1. The Bertz CT molecular complexity index is 1080. The van der Waals surface area contributed by atoms with Crippen LogP contribution in [-0.4, -0.2) is 41.7 Å². The van der Waals surface area contributed by atoms with E-state index in [0.29, 0.717) is 11.8 Å². The lowest BCUT2D eigenvalue weighted by Crippen LogP contribution is -2.48. The molecular formula is C33H41NO3. The summed E-state index contributed by atoms with van der Waals surface area (Å²) in [4.78, 5) is 15.5. The first-order valence-electron chi connectivity index (χ1n) is 14.3. The molecule has 2 aromatic rings. The molecule has 4 heteroatoms. The first kappa shape index (κ1) is 24.9. The second-order valence-electron chi connectivity index (χ2n) is 12.5. The van der Waals surface area contributed by atoms with Gasteiger partial charge in [-0.1, -0.05) is 79.7 Å². The predicted octanol–water partition coefficient (Wildman–Crippen LogP) is 5.95. The standard InChI is InChI=1S/C33H41NO3/c1-23-10-9-17-32(2)21-30-27(20-29(23)32)28(31(35)37-30)22-34-18-15-26(16-19-34)33(36,24-11-5-3-6-12-24)25-13-7-4-8-14-25/h3-8,11-14,26-30,36H,1,9-10,15-22H2,2H3/t27-,28-,29+,30-,32-/m1/s1. The fourth-order valence-electron chi connectivity index (χ4n) is 8.30. The van der Waals surface area contributed by atoms with Crippen LogP contribution < -0.4 is 0 Å². The molecule has 0 amide bonds. The summed E-state index contributed by atoms with van der Waals surface area (Å²) >= 11 is 0. The molecule has 0 spiro atoms. The van der Waals surface area contributed by atoms with Crippen molar-refractivity contribution in [3.05, 3.63) is 83.9 Å². The van der Waals surface area contributed by atoms with Crippen LogP contribution in [0.25, 0.3) is 0 Å². The van der Waals surface area contributed by atoms with E-state index < -0.39 is 5.60 Å². The molecule has 2 saturated heterocycles. The number of nitrogens with zero attached hydrogens (tertiary/aromatic N) is 1. The van der Waals surface area contributed by atoms with Crippen molar-refractivity contribution in [1.82, 2.24) is 4.90 Å². The van der Waals surface area contributed by atoms with Gasteiger partial charge in [0.15, 0.2) is 0 Å². The number of esters is 1. The van der Waals surface area contributed by atoms with Gasteiger partial charge in [0.1, 0.15) is 11.7 Å². The highest BCUT2D eigenvalue weighted by atomic mass is 16.6. The van der Waals surface area contributed by atoms with Crippen LogP contribution in [0.15, 0.2) is 72.8 Å².